The van der Waals surface area contributed by atoms with Gasteiger partial charge in [-0.25, -0.2) is 19.3 Å². The third-order valence-electron chi connectivity index (χ3n) is 5.18. The molecule has 0 aliphatic carbocycles. The van der Waals surface area contributed by atoms with Gasteiger partial charge in [0.1, 0.15) is 5.65 Å². The zero-order valence-electron chi connectivity index (χ0n) is 17.0. The largest absolute Gasteiger partial charge is 0.363 e. The Balaban J connectivity index is 1.55. The van der Waals surface area contributed by atoms with Crippen molar-refractivity contribution in [3.63, 3.8) is 0 Å². The van der Waals surface area contributed by atoms with Crippen LogP contribution in [0.2, 0.25) is 5.02 Å². The van der Waals surface area contributed by atoms with E-state index in [2.05, 4.69) is 25.3 Å². The van der Waals surface area contributed by atoms with Gasteiger partial charge in [0, 0.05) is 48.9 Å². The number of pyridine rings is 1. The van der Waals surface area contributed by atoms with Crippen LogP contribution in [0.4, 0.5) is 10.2 Å². The zero-order chi connectivity index (χ0) is 21.3. The smallest absolute Gasteiger partial charge is 0.222 e. The lowest BCUT2D eigenvalue weighted by atomic mass is 10.0. The maximum Gasteiger partial charge on any atom is 0.222 e. The van der Waals surface area contributed by atoms with Gasteiger partial charge in [-0.2, -0.15) is 0 Å². The van der Waals surface area contributed by atoms with Gasteiger partial charge < -0.3 is 15.2 Å². The van der Waals surface area contributed by atoms with Crippen molar-refractivity contribution in [3.8, 4) is 11.4 Å². The summed E-state index contributed by atoms with van der Waals surface area (Å²) in [6, 6.07) is 1.71. The number of carbonyl (C=O) groups excluding carboxylic acids is 1. The molecule has 0 bridgehead atoms. The highest BCUT2D eigenvalue weighted by Gasteiger charge is 2.25. The number of hydrogen-bond acceptors (Lipinski definition) is 5. The van der Waals surface area contributed by atoms with Crippen LogP contribution in [0.5, 0.6) is 0 Å². The molecule has 1 amide bonds. The Morgan fingerprint density at radius 3 is 3.03 bits per heavy atom. The summed E-state index contributed by atoms with van der Waals surface area (Å²) in [7, 11) is 0. The summed E-state index contributed by atoms with van der Waals surface area (Å²) in [5, 5.41) is 4.44. The van der Waals surface area contributed by atoms with Crippen molar-refractivity contribution >= 4 is 34.4 Å². The van der Waals surface area contributed by atoms with Crippen molar-refractivity contribution in [1.29, 1.82) is 0 Å². The minimum Gasteiger partial charge on any atom is -0.363 e. The highest BCUT2D eigenvalue weighted by molar-refractivity contribution is 6.31. The van der Waals surface area contributed by atoms with Gasteiger partial charge in [0.25, 0.3) is 0 Å². The molecule has 1 saturated heterocycles. The lowest BCUT2D eigenvalue weighted by Gasteiger charge is -2.34. The molecule has 3 aromatic heterocycles. The van der Waals surface area contributed by atoms with E-state index in [1.54, 1.807) is 18.5 Å². The third-order valence-corrected chi connectivity index (χ3v) is 5.39. The Morgan fingerprint density at radius 1 is 1.40 bits per heavy atom. The Labute approximate surface area is 179 Å². The maximum atomic E-state index is 14.5. The van der Waals surface area contributed by atoms with Crippen LogP contribution in [0, 0.1) is 11.7 Å². The molecular weight excluding hydrogens is 407 g/mol. The van der Waals surface area contributed by atoms with E-state index in [1.807, 2.05) is 18.7 Å². The quantitative estimate of drug-likeness (QED) is 0.631. The fourth-order valence-electron chi connectivity index (χ4n) is 3.75. The Hall–Kier alpha value is -2.74. The molecule has 1 aliphatic rings. The lowest BCUT2D eigenvalue weighted by molar-refractivity contribution is -0.133. The molecule has 1 atom stereocenters. The maximum absolute atomic E-state index is 14.5. The molecule has 7 nitrogen and oxygen atoms in total. The minimum absolute atomic E-state index is 0.0637. The topological polar surface area (TPSA) is 86.8 Å². The number of rotatable bonds is 5. The van der Waals surface area contributed by atoms with Crippen molar-refractivity contribution in [3.05, 3.63) is 35.5 Å². The summed E-state index contributed by atoms with van der Waals surface area (Å²) in [4.78, 5) is 30.1. The summed E-state index contributed by atoms with van der Waals surface area (Å²) in [6.45, 7) is 5.34. The molecule has 0 saturated carbocycles. The number of fused-ring (bicyclic) bond motifs is 1. The number of piperidine rings is 1. The van der Waals surface area contributed by atoms with Crippen LogP contribution in [-0.2, 0) is 4.79 Å². The second-order valence-corrected chi connectivity index (χ2v) is 8.50. The van der Waals surface area contributed by atoms with Gasteiger partial charge in [0.15, 0.2) is 17.5 Å². The number of likely N-dealkylation sites (tertiary alicyclic amines) is 1. The van der Waals surface area contributed by atoms with Crippen molar-refractivity contribution < 1.29 is 9.18 Å². The molecule has 9 heteroatoms. The van der Waals surface area contributed by atoms with Crippen molar-refractivity contribution in [2.24, 2.45) is 5.92 Å². The second kappa shape index (κ2) is 8.55. The molecule has 0 radical (unpaired) electrons. The van der Waals surface area contributed by atoms with Gasteiger partial charge >= 0.3 is 0 Å². The van der Waals surface area contributed by atoms with Crippen LogP contribution < -0.4 is 5.32 Å². The first-order chi connectivity index (χ1) is 14.4. The van der Waals surface area contributed by atoms with Gasteiger partial charge in [-0.05, 0) is 24.8 Å². The van der Waals surface area contributed by atoms with E-state index in [9.17, 15) is 9.18 Å². The molecule has 30 heavy (non-hydrogen) atoms. The molecule has 0 aromatic carbocycles. The molecular formula is C21H24ClFN6O. The number of nitrogens with zero attached hydrogens (tertiary/aromatic N) is 4. The van der Waals surface area contributed by atoms with Crippen LogP contribution in [0.1, 0.15) is 33.1 Å². The Morgan fingerprint density at radius 2 is 2.23 bits per heavy atom. The van der Waals surface area contributed by atoms with Crippen molar-refractivity contribution in [1.82, 2.24) is 24.8 Å². The third kappa shape index (κ3) is 4.38. The SMILES string of the molecule is CC(C)CC(=O)N1CCC[C@H](Nc2nc(-c3c[nH]c4ncc(Cl)cc34)ncc2F)C1. The van der Waals surface area contributed by atoms with Crippen LogP contribution in [0.3, 0.4) is 0 Å². The molecule has 158 valence electrons. The zero-order valence-corrected chi connectivity index (χ0v) is 17.7. The van der Waals surface area contributed by atoms with Gasteiger partial charge in [-0.1, -0.05) is 25.4 Å². The highest BCUT2D eigenvalue weighted by Crippen LogP contribution is 2.28. The number of aromatic nitrogens is 4. The first-order valence-corrected chi connectivity index (χ1v) is 10.5. The van der Waals surface area contributed by atoms with E-state index in [-0.39, 0.29) is 17.8 Å². The summed E-state index contributed by atoms with van der Waals surface area (Å²) in [5.74, 6) is 0.432. The Bertz CT molecular complexity index is 1070. The van der Waals surface area contributed by atoms with Gasteiger partial charge in [-0.3, -0.25) is 4.79 Å². The molecule has 4 rings (SSSR count). The van der Waals surface area contributed by atoms with Crippen LogP contribution in [-0.4, -0.2) is 49.9 Å². The van der Waals surface area contributed by atoms with E-state index in [0.29, 0.717) is 40.9 Å². The molecule has 4 heterocycles. The van der Waals surface area contributed by atoms with Gasteiger partial charge in [-0.15, -0.1) is 0 Å². The first-order valence-electron chi connectivity index (χ1n) is 10.1. The van der Waals surface area contributed by atoms with Crippen LogP contribution in [0.15, 0.2) is 24.7 Å². The summed E-state index contributed by atoms with van der Waals surface area (Å²) < 4.78 is 14.5. The summed E-state index contributed by atoms with van der Waals surface area (Å²) in [6.07, 6.45) is 6.68. The fraction of sp³-hybridized carbons (Fsp3) is 0.429. The molecule has 0 unspecified atom stereocenters. The van der Waals surface area contributed by atoms with Crippen LogP contribution in [0.25, 0.3) is 22.4 Å². The van der Waals surface area contributed by atoms with E-state index < -0.39 is 5.82 Å². The van der Waals surface area contributed by atoms with Gasteiger partial charge in [0.05, 0.1) is 11.2 Å². The average Bonchev–Trinajstić information content (AvgIpc) is 3.12. The molecule has 0 spiro atoms. The van der Waals surface area contributed by atoms with E-state index in [4.69, 9.17) is 11.6 Å². The lowest BCUT2D eigenvalue weighted by Crippen LogP contribution is -2.45. The van der Waals surface area contributed by atoms with E-state index >= 15 is 0 Å². The number of halogens is 2. The second-order valence-electron chi connectivity index (χ2n) is 8.06. The van der Waals surface area contributed by atoms with Gasteiger partial charge in [0.2, 0.25) is 5.91 Å². The van der Waals surface area contributed by atoms with Crippen LogP contribution >= 0.6 is 11.6 Å². The summed E-state index contributed by atoms with van der Waals surface area (Å²) >= 11 is 6.07. The standard InChI is InChI=1S/C21H24ClFN6O/c1-12(2)6-18(30)29-5-3-4-14(11-29)27-21-17(23)10-26-20(28-21)16-9-25-19-15(16)7-13(22)8-24-19/h7-10,12,14H,3-6,11H2,1-2H3,(H,24,25)(H,26,27,28)/t14-/m0/s1. The highest BCUT2D eigenvalue weighted by atomic mass is 35.5. The van der Waals surface area contributed by atoms with Crippen molar-refractivity contribution in [2.45, 2.75) is 39.2 Å². The van der Waals surface area contributed by atoms with E-state index in [0.717, 1.165) is 31.0 Å². The number of aromatic amines is 1. The predicted molar refractivity (Wildman–Crippen MR) is 115 cm³/mol. The minimum atomic E-state index is -0.527. The van der Waals surface area contributed by atoms with Crippen molar-refractivity contribution in [2.75, 3.05) is 18.4 Å². The number of H-pyrrole nitrogens is 1. The average molecular weight is 431 g/mol. The Kier molecular flexibility index (Phi) is 5.85. The first kappa shape index (κ1) is 20.5. The molecule has 3 aromatic rings. The monoisotopic (exact) mass is 430 g/mol. The number of carbonyl (C=O) groups is 1. The predicted octanol–water partition coefficient (Wildman–Crippen LogP) is 4.26. The number of nitrogens with one attached hydrogen (secondary N) is 2. The summed E-state index contributed by atoms with van der Waals surface area (Å²) in [5.41, 5.74) is 1.35. The number of anilines is 1. The molecule has 1 aliphatic heterocycles. The van der Waals surface area contributed by atoms with E-state index in [1.165, 1.54) is 0 Å². The number of amides is 1. The molecule has 2 N–H and O–H groups in total. The number of hydrogen-bond donors (Lipinski definition) is 2. The fourth-order valence-corrected chi connectivity index (χ4v) is 3.91. The molecule has 1 fully saturated rings. The normalized spacial score (nSPS) is 17.0.